The molecule has 55 heavy (non-hydrogen) atoms. The van der Waals surface area contributed by atoms with Crippen molar-refractivity contribution in [2.75, 3.05) is 4.90 Å². The van der Waals surface area contributed by atoms with Gasteiger partial charge in [0.15, 0.2) is 23.0 Å². The van der Waals surface area contributed by atoms with Crippen molar-refractivity contribution < 1.29 is 9.47 Å². The van der Waals surface area contributed by atoms with Crippen LogP contribution in [0.3, 0.4) is 0 Å². The van der Waals surface area contributed by atoms with Crippen LogP contribution in [0.25, 0.3) is 49.7 Å². The minimum atomic E-state index is -0.169. The molecule has 0 N–H and O–H groups in total. The number of anilines is 3. The quantitative estimate of drug-likeness (QED) is 0.178. The maximum atomic E-state index is 7.05. The van der Waals surface area contributed by atoms with Gasteiger partial charge in [-0.1, -0.05) is 135 Å². The van der Waals surface area contributed by atoms with Gasteiger partial charge in [0, 0.05) is 33.1 Å². The highest BCUT2D eigenvalue weighted by atomic mass is 16.6. The van der Waals surface area contributed by atoms with Crippen LogP contribution in [0.15, 0.2) is 182 Å². The van der Waals surface area contributed by atoms with Crippen molar-refractivity contribution in [2.45, 2.75) is 19.3 Å². The molecule has 1 aliphatic carbocycles. The van der Waals surface area contributed by atoms with E-state index in [1.54, 1.807) is 0 Å². The fourth-order valence-electron chi connectivity index (χ4n) is 8.85. The Morgan fingerprint density at radius 1 is 0.455 bits per heavy atom. The molecule has 9 aromatic rings. The molecule has 0 radical (unpaired) electrons. The van der Waals surface area contributed by atoms with E-state index in [1.807, 2.05) is 6.07 Å². The van der Waals surface area contributed by atoms with Crippen molar-refractivity contribution in [3.05, 3.63) is 193 Å². The summed E-state index contributed by atoms with van der Waals surface area (Å²) in [6, 6.07) is 64.5. The van der Waals surface area contributed by atoms with Crippen LogP contribution in [-0.4, -0.2) is 4.57 Å². The number of ether oxygens (including phenoxy) is 2. The molecular weight excluding hydrogens is 673 g/mol. The summed E-state index contributed by atoms with van der Waals surface area (Å²) in [6.07, 6.45) is 0. The molecule has 0 atom stereocenters. The van der Waals surface area contributed by atoms with Crippen molar-refractivity contribution in [3.63, 3.8) is 0 Å². The number of para-hydroxylation sites is 4. The van der Waals surface area contributed by atoms with Crippen LogP contribution in [0.4, 0.5) is 17.1 Å². The number of hydrogen-bond acceptors (Lipinski definition) is 3. The molecule has 0 spiro atoms. The Balaban J connectivity index is 1.14. The lowest BCUT2D eigenvalue weighted by Gasteiger charge is -2.32. The third-order valence-corrected chi connectivity index (χ3v) is 11.4. The lowest BCUT2D eigenvalue weighted by Crippen LogP contribution is -2.16. The van der Waals surface area contributed by atoms with E-state index in [0.29, 0.717) is 11.5 Å². The standard InChI is InChI=1S/C51H36N2O2/c1-51(2)41-23-12-9-21-37(41)40-31-48-49(32-42(40)51)55-50-45(26-15-27-47(50)54-48)53(43-24-13-10-20-36(43)33-16-5-3-6-17-33)35-28-29-39-38-22-11-14-25-44(38)52(46(39)30-35)34-18-7-4-8-19-34/h3-32H,1-2H3. The van der Waals surface area contributed by atoms with Crippen molar-refractivity contribution in [1.29, 1.82) is 0 Å². The number of benzene rings is 8. The largest absolute Gasteiger partial charge is 0.449 e. The normalized spacial score (nSPS) is 13.3. The van der Waals surface area contributed by atoms with Gasteiger partial charge < -0.3 is 18.9 Å². The first-order valence-electron chi connectivity index (χ1n) is 18.8. The molecule has 1 aliphatic heterocycles. The van der Waals surface area contributed by atoms with Gasteiger partial charge >= 0.3 is 0 Å². The minimum absolute atomic E-state index is 0.169. The maximum absolute atomic E-state index is 7.05. The molecule has 0 amide bonds. The average Bonchev–Trinajstić information content (AvgIpc) is 3.68. The van der Waals surface area contributed by atoms with Crippen LogP contribution in [-0.2, 0) is 5.41 Å². The topological polar surface area (TPSA) is 26.6 Å². The molecule has 8 aromatic carbocycles. The molecule has 0 bridgehead atoms. The van der Waals surface area contributed by atoms with Crippen molar-refractivity contribution in [1.82, 2.24) is 4.57 Å². The number of nitrogens with zero attached hydrogens (tertiary/aromatic N) is 2. The van der Waals surface area contributed by atoms with Gasteiger partial charge in [-0.25, -0.2) is 0 Å². The molecule has 0 unspecified atom stereocenters. The zero-order valence-electron chi connectivity index (χ0n) is 30.5. The van der Waals surface area contributed by atoms with Crippen LogP contribution < -0.4 is 14.4 Å². The fourth-order valence-corrected chi connectivity index (χ4v) is 8.85. The SMILES string of the molecule is CC1(C)c2ccccc2-c2cc3c(cc21)Oc1c(cccc1N(c1ccc2c4ccccc4n(-c4ccccc4)c2c1)c1ccccc1-c1ccccc1)O3. The third kappa shape index (κ3) is 4.78. The van der Waals surface area contributed by atoms with Gasteiger partial charge in [0.05, 0.1) is 22.4 Å². The molecule has 0 fully saturated rings. The molecule has 2 aliphatic rings. The number of hydrogen-bond donors (Lipinski definition) is 0. The van der Waals surface area contributed by atoms with Crippen molar-refractivity contribution >= 4 is 38.9 Å². The first kappa shape index (κ1) is 31.5. The highest BCUT2D eigenvalue weighted by molar-refractivity contribution is 6.10. The molecule has 0 saturated heterocycles. The van der Waals surface area contributed by atoms with E-state index in [9.17, 15) is 0 Å². The first-order chi connectivity index (χ1) is 27.0. The van der Waals surface area contributed by atoms with E-state index in [2.05, 4.69) is 199 Å². The number of rotatable bonds is 5. The highest BCUT2D eigenvalue weighted by Gasteiger charge is 2.38. The molecule has 4 nitrogen and oxygen atoms in total. The van der Waals surface area contributed by atoms with Crippen LogP contribution in [0, 0.1) is 0 Å². The first-order valence-corrected chi connectivity index (χ1v) is 18.8. The van der Waals surface area contributed by atoms with E-state index in [0.717, 1.165) is 50.9 Å². The second kappa shape index (κ2) is 12.0. The van der Waals surface area contributed by atoms with Crippen LogP contribution in [0.2, 0.25) is 0 Å². The van der Waals surface area contributed by atoms with E-state index >= 15 is 0 Å². The van der Waals surface area contributed by atoms with Gasteiger partial charge in [-0.05, 0) is 88.5 Å². The van der Waals surface area contributed by atoms with E-state index in [-0.39, 0.29) is 5.41 Å². The zero-order valence-corrected chi connectivity index (χ0v) is 30.5. The summed E-state index contributed by atoms with van der Waals surface area (Å²) < 4.78 is 16.2. The van der Waals surface area contributed by atoms with Gasteiger partial charge in [-0.15, -0.1) is 0 Å². The second-order valence-electron chi connectivity index (χ2n) is 14.9. The molecule has 1 aromatic heterocycles. The van der Waals surface area contributed by atoms with Crippen LogP contribution in [0.1, 0.15) is 25.0 Å². The minimum Gasteiger partial charge on any atom is -0.449 e. The Labute approximate surface area is 320 Å². The second-order valence-corrected chi connectivity index (χ2v) is 14.9. The fraction of sp³-hybridized carbons (Fsp3) is 0.0588. The van der Waals surface area contributed by atoms with E-state index in [4.69, 9.17) is 9.47 Å². The summed E-state index contributed by atoms with van der Waals surface area (Å²) >= 11 is 0. The summed E-state index contributed by atoms with van der Waals surface area (Å²) in [6.45, 7) is 4.58. The summed E-state index contributed by atoms with van der Waals surface area (Å²) in [5.74, 6) is 2.79. The smallest absolute Gasteiger partial charge is 0.194 e. The molecular formula is C51H36N2O2. The van der Waals surface area contributed by atoms with Gasteiger partial charge in [-0.2, -0.15) is 0 Å². The molecule has 2 heterocycles. The molecule has 4 heteroatoms. The number of aromatic nitrogens is 1. The monoisotopic (exact) mass is 708 g/mol. The predicted molar refractivity (Wildman–Crippen MR) is 225 cm³/mol. The third-order valence-electron chi connectivity index (χ3n) is 11.4. The maximum Gasteiger partial charge on any atom is 0.194 e. The van der Waals surface area contributed by atoms with Crippen LogP contribution in [0.5, 0.6) is 23.0 Å². The Bertz CT molecular complexity index is 2960. The van der Waals surface area contributed by atoms with Gasteiger partial charge in [-0.3, -0.25) is 0 Å². The summed E-state index contributed by atoms with van der Waals surface area (Å²) in [4.78, 5) is 2.33. The molecule has 11 rings (SSSR count). The Kier molecular flexibility index (Phi) is 6.86. The summed E-state index contributed by atoms with van der Waals surface area (Å²) in [7, 11) is 0. The van der Waals surface area contributed by atoms with E-state index < -0.39 is 0 Å². The Hall–Kier alpha value is -7.04. The summed E-state index contributed by atoms with van der Waals surface area (Å²) in [5.41, 5.74) is 13.4. The lowest BCUT2D eigenvalue weighted by molar-refractivity contribution is 0.360. The Morgan fingerprint density at radius 3 is 1.98 bits per heavy atom. The van der Waals surface area contributed by atoms with Crippen molar-refractivity contribution in [2.24, 2.45) is 0 Å². The molecule has 0 saturated carbocycles. The molecule has 262 valence electrons. The average molecular weight is 709 g/mol. The zero-order chi connectivity index (χ0) is 36.7. The Morgan fingerprint density at radius 2 is 1.13 bits per heavy atom. The van der Waals surface area contributed by atoms with Crippen molar-refractivity contribution in [3.8, 4) is 50.9 Å². The highest BCUT2D eigenvalue weighted by Crippen LogP contribution is 2.58. The van der Waals surface area contributed by atoms with E-state index in [1.165, 1.54) is 38.5 Å². The summed E-state index contributed by atoms with van der Waals surface area (Å²) in [5, 5.41) is 2.41. The predicted octanol–water partition coefficient (Wildman–Crippen LogP) is 14.1. The van der Waals surface area contributed by atoms with Gasteiger partial charge in [0.1, 0.15) is 0 Å². The van der Waals surface area contributed by atoms with Gasteiger partial charge in [0.25, 0.3) is 0 Å². The number of fused-ring (bicyclic) bond motifs is 8. The lowest BCUT2D eigenvalue weighted by atomic mass is 9.82. The van der Waals surface area contributed by atoms with Gasteiger partial charge in [0.2, 0.25) is 0 Å². The van der Waals surface area contributed by atoms with Crippen LogP contribution >= 0.6 is 0 Å².